The van der Waals surface area contributed by atoms with Gasteiger partial charge in [-0.3, -0.25) is 0 Å². The van der Waals surface area contributed by atoms with E-state index in [-0.39, 0.29) is 16.6 Å². The molecule has 0 aromatic heterocycles. The van der Waals surface area contributed by atoms with Crippen molar-refractivity contribution in [3.8, 4) is 5.75 Å². The highest BCUT2D eigenvalue weighted by atomic mass is 32.2. The number of ether oxygens (including phenoxy) is 2. The molecule has 1 fully saturated rings. The highest BCUT2D eigenvalue weighted by Crippen LogP contribution is 2.43. The van der Waals surface area contributed by atoms with E-state index < -0.39 is 24.6 Å². The first-order valence-corrected chi connectivity index (χ1v) is 8.45. The minimum absolute atomic E-state index is 0.0554. The number of hydrogen-bond acceptors (Lipinski definition) is 3. The fourth-order valence-electron chi connectivity index (χ4n) is 2.00. The number of benzene rings is 1. The first kappa shape index (κ1) is 19.2. The third kappa shape index (κ3) is 4.09. The topological polar surface area (TPSA) is 38.7 Å². The van der Waals surface area contributed by atoms with Gasteiger partial charge < -0.3 is 14.6 Å². The van der Waals surface area contributed by atoms with Crippen LogP contribution in [0.4, 0.5) is 26.3 Å². The van der Waals surface area contributed by atoms with Crippen molar-refractivity contribution in [2.45, 2.75) is 22.8 Å². The number of hydrogen-bond donors (Lipinski definition) is 1. The Morgan fingerprint density at radius 2 is 1.46 bits per heavy atom. The summed E-state index contributed by atoms with van der Waals surface area (Å²) in [5.74, 6) is 1.46. The third-order valence-corrected chi connectivity index (χ3v) is 5.75. The fourth-order valence-corrected chi connectivity index (χ4v) is 3.83. The first-order chi connectivity index (χ1) is 11.0. The van der Waals surface area contributed by atoms with Crippen LogP contribution >= 0.6 is 0 Å². The first-order valence-electron chi connectivity index (χ1n) is 6.88. The summed E-state index contributed by atoms with van der Waals surface area (Å²) in [5, 5.41) is 9.02. The zero-order chi connectivity index (χ0) is 18.0. The van der Waals surface area contributed by atoms with E-state index in [4.69, 9.17) is 9.84 Å². The molecule has 2 rings (SSSR count). The van der Waals surface area contributed by atoms with Crippen LogP contribution in [0.15, 0.2) is 29.2 Å². The lowest BCUT2D eigenvalue weighted by Gasteiger charge is -2.31. The van der Waals surface area contributed by atoms with E-state index in [9.17, 15) is 26.3 Å². The molecule has 0 radical (unpaired) electrons. The van der Waals surface area contributed by atoms with Gasteiger partial charge in [-0.25, -0.2) is 0 Å². The van der Waals surface area contributed by atoms with Crippen LogP contribution in [0, 0.1) is 0 Å². The molecule has 0 atom stereocenters. The summed E-state index contributed by atoms with van der Waals surface area (Å²) in [5.41, 5.74) is -4.92. The van der Waals surface area contributed by atoms with E-state index in [1.807, 2.05) is 0 Å². The highest BCUT2D eigenvalue weighted by Gasteiger charge is 2.71. The van der Waals surface area contributed by atoms with Crippen molar-refractivity contribution in [3.05, 3.63) is 24.3 Å². The Morgan fingerprint density at radius 1 is 0.958 bits per heavy atom. The number of halogens is 6. The summed E-state index contributed by atoms with van der Waals surface area (Å²) in [7, 11) is -0.0554. The van der Waals surface area contributed by atoms with Gasteiger partial charge in [0.15, 0.2) is 4.90 Å². The summed E-state index contributed by atoms with van der Waals surface area (Å²) in [6.07, 6.45) is -11.8. The third-order valence-electron chi connectivity index (χ3n) is 3.49. The molecule has 0 unspecified atom stereocenters. The van der Waals surface area contributed by atoms with Gasteiger partial charge in [0.2, 0.25) is 0 Å². The Balaban J connectivity index is 2.05. The standard InChI is InChI=1S/C14H15F6O3S/c15-13(16,17)12(21,14(18,19)20)9-23-10-1-3-11(4-2-10)24-7-5-22-6-8-24/h1-4,21H,5-9H2/q+1. The molecule has 1 aromatic rings. The van der Waals surface area contributed by atoms with Gasteiger partial charge >= 0.3 is 12.4 Å². The maximum Gasteiger partial charge on any atom is 0.429 e. The predicted octanol–water partition coefficient (Wildman–Crippen LogP) is 2.93. The molecular formula is C14H15F6O3S+. The van der Waals surface area contributed by atoms with Crippen LogP contribution in [-0.2, 0) is 15.6 Å². The van der Waals surface area contributed by atoms with Gasteiger partial charge in [0.1, 0.15) is 23.9 Å². The molecule has 0 bridgehead atoms. The van der Waals surface area contributed by atoms with Crippen LogP contribution < -0.4 is 4.74 Å². The molecule has 10 heteroatoms. The van der Waals surface area contributed by atoms with Crippen molar-refractivity contribution in [2.24, 2.45) is 0 Å². The van der Waals surface area contributed by atoms with E-state index in [2.05, 4.69) is 4.74 Å². The Hall–Kier alpha value is -1.13. The van der Waals surface area contributed by atoms with Gasteiger partial charge in [-0.05, 0) is 24.3 Å². The summed E-state index contributed by atoms with van der Waals surface area (Å²) in [6.45, 7) is -0.726. The van der Waals surface area contributed by atoms with Crippen LogP contribution in [0.1, 0.15) is 0 Å². The SMILES string of the molecule is OC(COc1ccc([S+]2CCOCC2)cc1)(C(F)(F)F)C(F)(F)F. The Bertz CT molecular complexity index is 523. The molecule has 1 aliphatic heterocycles. The second-order valence-corrected chi connectivity index (χ2v) is 7.40. The normalized spacial score (nSPS) is 17.8. The summed E-state index contributed by atoms with van der Waals surface area (Å²) < 4.78 is 85.1. The second-order valence-electron chi connectivity index (χ2n) is 5.13. The molecule has 0 spiro atoms. The van der Waals surface area contributed by atoms with E-state index in [1.165, 1.54) is 12.1 Å². The quantitative estimate of drug-likeness (QED) is 0.648. The van der Waals surface area contributed by atoms with Gasteiger partial charge in [0.25, 0.3) is 5.60 Å². The lowest BCUT2D eigenvalue weighted by molar-refractivity contribution is -0.373. The maximum atomic E-state index is 12.5. The fraction of sp³-hybridized carbons (Fsp3) is 0.571. The maximum absolute atomic E-state index is 12.5. The summed E-state index contributed by atoms with van der Waals surface area (Å²) in [4.78, 5) is 0.938. The average molecular weight is 377 g/mol. The van der Waals surface area contributed by atoms with Crippen molar-refractivity contribution < 1.29 is 40.9 Å². The van der Waals surface area contributed by atoms with E-state index in [0.717, 1.165) is 16.4 Å². The monoisotopic (exact) mass is 377 g/mol. The molecule has 3 nitrogen and oxygen atoms in total. The van der Waals surface area contributed by atoms with Crippen LogP contribution in [-0.4, -0.2) is 54.4 Å². The Kier molecular flexibility index (Phi) is 5.61. The molecule has 1 heterocycles. The lowest BCUT2D eigenvalue weighted by Crippen LogP contribution is -2.60. The smallest absolute Gasteiger partial charge is 0.429 e. The predicted molar refractivity (Wildman–Crippen MR) is 75.2 cm³/mol. The van der Waals surface area contributed by atoms with Crippen LogP contribution in [0.5, 0.6) is 5.75 Å². The second kappa shape index (κ2) is 7.01. The molecule has 1 N–H and O–H groups in total. The minimum atomic E-state index is -5.89. The zero-order valence-electron chi connectivity index (χ0n) is 12.3. The number of alkyl halides is 6. The largest absolute Gasteiger partial charge is 0.490 e. The van der Waals surface area contributed by atoms with Gasteiger partial charge in [-0.1, -0.05) is 0 Å². The zero-order valence-corrected chi connectivity index (χ0v) is 13.1. The van der Waals surface area contributed by atoms with Crippen molar-refractivity contribution in [1.82, 2.24) is 0 Å². The van der Waals surface area contributed by atoms with Gasteiger partial charge in [0, 0.05) is 10.9 Å². The van der Waals surface area contributed by atoms with Crippen molar-refractivity contribution in [1.29, 1.82) is 0 Å². The number of aliphatic hydroxyl groups is 1. The highest BCUT2D eigenvalue weighted by molar-refractivity contribution is 7.97. The van der Waals surface area contributed by atoms with E-state index >= 15 is 0 Å². The Labute approximate surface area is 136 Å². The van der Waals surface area contributed by atoms with Gasteiger partial charge in [-0.2, -0.15) is 26.3 Å². The van der Waals surface area contributed by atoms with Crippen LogP contribution in [0.2, 0.25) is 0 Å². The molecule has 1 aliphatic rings. The summed E-state index contributed by atoms with van der Waals surface area (Å²) >= 11 is 0. The molecule has 136 valence electrons. The molecule has 0 amide bonds. The van der Waals surface area contributed by atoms with Crippen LogP contribution in [0.3, 0.4) is 0 Å². The molecule has 24 heavy (non-hydrogen) atoms. The van der Waals surface area contributed by atoms with Gasteiger partial charge in [0.05, 0.1) is 13.2 Å². The van der Waals surface area contributed by atoms with Crippen molar-refractivity contribution >= 4 is 10.9 Å². The van der Waals surface area contributed by atoms with E-state index in [1.54, 1.807) is 12.1 Å². The summed E-state index contributed by atoms with van der Waals surface area (Å²) in [6, 6.07) is 5.80. The van der Waals surface area contributed by atoms with Crippen molar-refractivity contribution in [2.75, 3.05) is 31.3 Å². The van der Waals surface area contributed by atoms with E-state index in [0.29, 0.717) is 13.2 Å². The molecular weight excluding hydrogens is 362 g/mol. The molecule has 0 aliphatic carbocycles. The molecule has 0 saturated carbocycles. The minimum Gasteiger partial charge on any atom is -0.490 e. The molecule has 1 saturated heterocycles. The molecule has 1 aromatic carbocycles. The average Bonchev–Trinajstić information content (AvgIpc) is 2.52. The van der Waals surface area contributed by atoms with Crippen LogP contribution in [0.25, 0.3) is 0 Å². The number of rotatable bonds is 4. The van der Waals surface area contributed by atoms with Gasteiger partial charge in [-0.15, -0.1) is 0 Å². The van der Waals surface area contributed by atoms with Crippen molar-refractivity contribution in [3.63, 3.8) is 0 Å². The Morgan fingerprint density at radius 3 is 1.92 bits per heavy atom. The lowest BCUT2D eigenvalue weighted by atomic mass is 10.0.